The highest BCUT2D eigenvalue weighted by molar-refractivity contribution is 7.17. The summed E-state index contributed by atoms with van der Waals surface area (Å²) in [5.41, 5.74) is 4.24. The predicted octanol–water partition coefficient (Wildman–Crippen LogP) is 3.38. The van der Waals surface area contributed by atoms with Gasteiger partial charge in [-0.2, -0.15) is 0 Å². The van der Waals surface area contributed by atoms with Crippen LogP contribution in [-0.2, 0) is 17.9 Å². The standard InChI is InChI=1S/C22H26N4O2S/c1-15-5-6-17(13-16(15)2)14-23-19(27)7-11-26-21(28)20-18(8-12-29-20)24-22(26)25-9-3-4-10-25/h5-6,8,12-13H,3-4,7,9-11,14H2,1-2H3,(H,23,27). The Labute approximate surface area is 174 Å². The van der Waals surface area contributed by atoms with Gasteiger partial charge in [0.15, 0.2) is 0 Å². The van der Waals surface area contributed by atoms with Gasteiger partial charge in [-0.3, -0.25) is 14.2 Å². The highest BCUT2D eigenvalue weighted by Crippen LogP contribution is 2.22. The highest BCUT2D eigenvalue weighted by Gasteiger charge is 2.21. The van der Waals surface area contributed by atoms with Gasteiger partial charge in [-0.1, -0.05) is 18.2 Å². The number of fused-ring (bicyclic) bond motifs is 1. The quantitative estimate of drug-likeness (QED) is 0.677. The van der Waals surface area contributed by atoms with Crippen LogP contribution < -0.4 is 15.8 Å². The van der Waals surface area contributed by atoms with Crippen molar-refractivity contribution in [2.24, 2.45) is 0 Å². The van der Waals surface area contributed by atoms with Crippen molar-refractivity contribution < 1.29 is 4.79 Å². The Morgan fingerprint density at radius 3 is 2.72 bits per heavy atom. The van der Waals surface area contributed by atoms with Crippen molar-refractivity contribution in [1.82, 2.24) is 14.9 Å². The number of amides is 1. The second-order valence-corrected chi connectivity index (χ2v) is 8.56. The maximum atomic E-state index is 13.0. The Kier molecular flexibility index (Phi) is 5.67. The highest BCUT2D eigenvalue weighted by atomic mass is 32.1. The number of nitrogens with zero attached hydrogens (tertiary/aromatic N) is 3. The molecule has 1 aliphatic rings. The number of rotatable bonds is 6. The summed E-state index contributed by atoms with van der Waals surface area (Å²) in [5.74, 6) is 0.633. The molecule has 1 N–H and O–H groups in total. The first-order valence-corrected chi connectivity index (χ1v) is 11.0. The molecule has 0 unspecified atom stereocenters. The van der Waals surface area contributed by atoms with Gasteiger partial charge in [0, 0.05) is 32.6 Å². The summed E-state index contributed by atoms with van der Waals surface area (Å²) in [6.45, 7) is 6.79. The zero-order chi connectivity index (χ0) is 20.4. The van der Waals surface area contributed by atoms with Gasteiger partial charge in [0.25, 0.3) is 5.56 Å². The number of hydrogen-bond donors (Lipinski definition) is 1. The molecule has 2 aromatic heterocycles. The Morgan fingerprint density at radius 2 is 1.97 bits per heavy atom. The van der Waals surface area contributed by atoms with Crippen molar-refractivity contribution in [3.05, 3.63) is 56.7 Å². The lowest BCUT2D eigenvalue weighted by atomic mass is 10.1. The molecule has 1 fully saturated rings. The fourth-order valence-corrected chi connectivity index (χ4v) is 4.49. The molecule has 3 aromatic rings. The normalized spacial score (nSPS) is 13.9. The number of anilines is 1. The number of benzene rings is 1. The molecule has 1 aromatic carbocycles. The number of carbonyl (C=O) groups excluding carboxylic acids is 1. The average Bonchev–Trinajstić information content (AvgIpc) is 3.39. The molecule has 1 saturated heterocycles. The van der Waals surface area contributed by atoms with Crippen LogP contribution in [0.15, 0.2) is 34.4 Å². The van der Waals surface area contributed by atoms with E-state index >= 15 is 0 Å². The number of nitrogens with one attached hydrogen (secondary N) is 1. The summed E-state index contributed by atoms with van der Waals surface area (Å²) >= 11 is 1.41. The van der Waals surface area contributed by atoms with E-state index in [1.54, 1.807) is 4.57 Å². The minimum atomic E-state index is -0.0613. The second kappa shape index (κ2) is 8.37. The van der Waals surface area contributed by atoms with Gasteiger partial charge in [0.2, 0.25) is 11.9 Å². The summed E-state index contributed by atoms with van der Waals surface area (Å²) in [4.78, 5) is 32.3. The van der Waals surface area contributed by atoms with E-state index in [0.29, 0.717) is 23.7 Å². The van der Waals surface area contributed by atoms with Crippen molar-refractivity contribution in [2.45, 2.75) is 46.2 Å². The molecular formula is C22H26N4O2S. The van der Waals surface area contributed by atoms with E-state index in [2.05, 4.69) is 36.2 Å². The first kappa shape index (κ1) is 19.6. The van der Waals surface area contributed by atoms with Crippen LogP contribution in [0.5, 0.6) is 0 Å². The minimum absolute atomic E-state index is 0.0474. The number of thiophene rings is 1. The van der Waals surface area contributed by atoms with E-state index < -0.39 is 0 Å². The molecule has 7 heteroatoms. The third-order valence-corrected chi connectivity index (χ3v) is 6.45. The van der Waals surface area contributed by atoms with Crippen molar-refractivity contribution in [2.75, 3.05) is 18.0 Å². The van der Waals surface area contributed by atoms with E-state index in [0.717, 1.165) is 37.0 Å². The molecule has 0 bridgehead atoms. The summed E-state index contributed by atoms with van der Waals surface area (Å²) < 4.78 is 2.34. The van der Waals surface area contributed by atoms with Gasteiger partial charge >= 0.3 is 0 Å². The van der Waals surface area contributed by atoms with E-state index in [1.165, 1.54) is 22.5 Å². The van der Waals surface area contributed by atoms with E-state index in [1.807, 2.05) is 17.5 Å². The SMILES string of the molecule is Cc1ccc(CNC(=O)CCn2c(N3CCCC3)nc3ccsc3c2=O)cc1C. The van der Waals surface area contributed by atoms with Crippen LogP contribution in [0.25, 0.3) is 10.2 Å². The van der Waals surface area contributed by atoms with Crippen LogP contribution >= 0.6 is 11.3 Å². The minimum Gasteiger partial charge on any atom is -0.352 e. The number of hydrogen-bond acceptors (Lipinski definition) is 5. The molecule has 152 valence electrons. The zero-order valence-corrected chi connectivity index (χ0v) is 17.7. The number of carbonyl (C=O) groups is 1. The average molecular weight is 411 g/mol. The van der Waals surface area contributed by atoms with E-state index in [9.17, 15) is 9.59 Å². The maximum absolute atomic E-state index is 13.0. The third kappa shape index (κ3) is 4.19. The summed E-state index contributed by atoms with van der Waals surface area (Å²) in [6.07, 6.45) is 2.46. The molecule has 0 spiro atoms. The lowest BCUT2D eigenvalue weighted by molar-refractivity contribution is -0.121. The number of aromatic nitrogens is 2. The van der Waals surface area contributed by atoms with Crippen LogP contribution in [0, 0.1) is 13.8 Å². The Morgan fingerprint density at radius 1 is 1.17 bits per heavy atom. The molecule has 3 heterocycles. The first-order chi connectivity index (χ1) is 14.0. The molecule has 0 atom stereocenters. The van der Waals surface area contributed by atoms with Crippen LogP contribution in [0.4, 0.5) is 5.95 Å². The van der Waals surface area contributed by atoms with Gasteiger partial charge in [-0.05, 0) is 54.8 Å². The molecular weight excluding hydrogens is 384 g/mol. The zero-order valence-electron chi connectivity index (χ0n) is 16.9. The van der Waals surface area contributed by atoms with Crippen molar-refractivity contribution in [1.29, 1.82) is 0 Å². The summed E-state index contributed by atoms with van der Waals surface area (Å²) in [7, 11) is 0. The van der Waals surface area contributed by atoms with Crippen molar-refractivity contribution in [3.63, 3.8) is 0 Å². The molecule has 0 saturated carbocycles. The second-order valence-electron chi connectivity index (χ2n) is 7.64. The molecule has 1 amide bonds. The predicted molar refractivity (Wildman–Crippen MR) is 118 cm³/mol. The molecule has 29 heavy (non-hydrogen) atoms. The van der Waals surface area contributed by atoms with Crippen molar-refractivity contribution >= 4 is 33.4 Å². The van der Waals surface area contributed by atoms with Crippen LogP contribution in [0.1, 0.15) is 36.0 Å². The molecule has 4 rings (SSSR count). The summed E-state index contributed by atoms with van der Waals surface area (Å²) in [6, 6.07) is 8.09. The lowest BCUT2D eigenvalue weighted by Gasteiger charge is -2.21. The molecule has 1 aliphatic heterocycles. The van der Waals surface area contributed by atoms with E-state index in [-0.39, 0.29) is 17.9 Å². The van der Waals surface area contributed by atoms with E-state index in [4.69, 9.17) is 4.98 Å². The smallest absolute Gasteiger partial charge is 0.272 e. The largest absolute Gasteiger partial charge is 0.352 e. The topological polar surface area (TPSA) is 67.2 Å². The fraction of sp³-hybridized carbons (Fsp3) is 0.409. The monoisotopic (exact) mass is 410 g/mol. The Hall–Kier alpha value is -2.67. The third-order valence-electron chi connectivity index (χ3n) is 5.56. The van der Waals surface area contributed by atoms with Gasteiger partial charge in [-0.25, -0.2) is 4.98 Å². The van der Waals surface area contributed by atoms with Gasteiger partial charge in [0.1, 0.15) is 4.70 Å². The van der Waals surface area contributed by atoms with Crippen LogP contribution in [0.3, 0.4) is 0 Å². The maximum Gasteiger partial charge on any atom is 0.272 e. The first-order valence-electron chi connectivity index (χ1n) is 10.1. The van der Waals surface area contributed by atoms with Crippen molar-refractivity contribution in [3.8, 4) is 0 Å². The van der Waals surface area contributed by atoms with Gasteiger partial charge < -0.3 is 10.2 Å². The summed E-state index contributed by atoms with van der Waals surface area (Å²) in [5, 5.41) is 4.87. The number of aryl methyl sites for hydroxylation is 2. The Bertz CT molecular complexity index is 1100. The Balaban J connectivity index is 1.47. The van der Waals surface area contributed by atoms with Crippen LogP contribution in [0.2, 0.25) is 0 Å². The molecule has 6 nitrogen and oxygen atoms in total. The fourth-order valence-electron chi connectivity index (χ4n) is 3.71. The molecule has 0 radical (unpaired) electrons. The van der Waals surface area contributed by atoms with Crippen LogP contribution in [-0.4, -0.2) is 28.5 Å². The van der Waals surface area contributed by atoms with Gasteiger partial charge in [-0.15, -0.1) is 11.3 Å². The molecule has 0 aliphatic carbocycles. The lowest BCUT2D eigenvalue weighted by Crippen LogP contribution is -2.32. The van der Waals surface area contributed by atoms with Gasteiger partial charge in [0.05, 0.1) is 5.52 Å².